The number of benzene rings is 1. The second-order valence-electron chi connectivity index (χ2n) is 5.35. The molecule has 2 nitrogen and oxygen atoms in total. The van der Waals surface area contributed by atoms with Crippen molar-refractivity contribution in [2.45, 2.75) is 32.2 Å². The molecule has 0 aromatic heterocycles. The fourth-order valence-electron chi connectivity index (χ4n) is 2.17. The van der Waals surface area contributed by atoms with Crippen molar-refractivity contribution in [1.82, 2.24) is 5.32 Å². The van der Waals surface area contributed by atoms with Gasteiger partial charge in [-0.25, -0.2) is 0 Å². The first-order chi connectivity index (χ1) is 8.27. The lowest BCUT2D eigenvalue weighted by atomic mass is 9.95. The SMILES string of the molecule is CC(CNCCC1CC1)C(N)c1ccccc1. The molecule has 2 rings (SSSR count). The summed E-state index contributed by atoms with van der Waals surface area (Å²) in [5, 5.41) is 3.53. The summed E-state index contributed by atoms with van der Waals surface area (Å²) in [6.45, 7) is 4.39. The van der Waals surface area contributed by atoms with Crippen LogP contribution in [0.2, 0.25) is 0 Å². The molecule has 0 aliphatic heterocycles. The van der Waals surface area contributed by atoms with Crippen molar-refractivity contribution in [3.05, 3.63) is 35.9 Å². The molecule has 0 bridgehead atoms. The average molecular weight is 232 g/mol. The zero-order valence-corrected chi connectivity index (χ0v) is 10.7. The highest BCUT2D eigenvalue weighted by Crippen LogP contribution is 2.31. The van der Waals surface area contributed by atoms with Gasteiger partial charge in [0.2, 0.25) is 0 Å². The van der Waals surface area contributed by atoms with Crippen molar-refractivity contribution in [3.63, 3.8) is 0 Å². The van der Waals surface area contributed by atoms with E-state index in [0.29, 0.717) is 5.92 Å². The van der Waals surface area contributed by atoms with Gasteiger partial charge in [0, 0.05) is 6.04 Å². The number of hydrogen-bond acceptors (Lipinski definition) is 2. The molecule has 3 N–H and O–H groups in total. The Morgan fingerprint density at radius 1 is 1.29 bits per heavy atom. The molecule has 1 aliphatic carbocycles. The Labute approximate surface area is 105 Å². The van der Waals surface area contributed by atoms with E-state index in [2.05, 4.69) is 36.5 Å². The topological polar surface area (TPSA) is 38.0 Å². The third-order valence-corrected chi connectivity index (χ3v) is 3.69. The van der Waals surface area contributed by atoms with E-state index < -0.39 is 0 Å². The highest BCUT2D eigenvalue weighted by Gasteiger charge is 2.20. The number of hydrogen-bond donors (Lipinski definition) is 2. The fourth-order valence-corrected chi connectivity index (χ4v) is 2.17. The van der Waals surface area contributed by atoms with Gasteiger partial charge in [-0.1, -0.05) is 50.1 Å². The summed E-state index contributed by atoms with van der Waals surface area (Å²) in [5.74, 6) is 1.50. The number of nitrogens with one attached hydrogen (secondary N) is 1. The van der Waals surface area contributed by atoms with Crippen LogP contribution in [0.25, 0.3) is 0 Å². The standard InChI is InChI=1S/C15H24N2/c1-12(11-17-10-9-13-7-8-13)15(16)14-5-3-2-4-6-14/h2-6,12-13,15,17H,7-11,16H2,1H3. The first-order valence-corrected chi connectivity index (χ1v) is 6.78. The van der Waals surface area contributed by atoms with Gasteiger partial charge in [-0.15, -0.1) is 0 Å². The Bertz CT molecular complexity index is 319. The zero-order chi connectivity index (χ0) is 12.1. The lowest BCUT2D eigenvalue weighted by molar-refractivity contribution is 0.430. The summed E-state index contributed by atoms with van der Waals surface area (Å²) >= 11 is 0. The van der Waals surface area contributed by atoms with Crippen LogP contribution >= 0.6 is 0 Å². The van der Waals surface area contributed by atoms with Gasteiger partial charge in [0.1, 0.15) is 0 Å². The molecule has 2 heteroatoms. The first-order valence-electron chi connectivity index (χ1n) is 6.78. The maximum absolute atomic E-state index is 6.25. The Kier molecular flexibility index (Phi) is 4.57. The molecule has 1 fully saturated rings. The Balaban J connectivity index is 1.69. The minimum Gasteiger partial charge on any atom is -0.324 e. The summed E-state index contributed by atoms with van der Waals surface area (Å²) in [4.78, 5) is 0. The van der Waals surface area contributed by atoms with E-state index in [1.165, 1.54) is 24.8 Å². The monoisotopic (exact) mass is 232 g/mol. The van der Waals surface area contributed by atoms with Gasteiger partial charge in [0.15, 0.2) is 0 Å². The van der Waals surface area contributed by atoms with Crippen LogP contribution in [0.4, 0.5) is 0 Å². The summed E-state index contributed by atoms with van der Waals surface area (Å²) in [6, 6.07) is 10.5. The lowest BCUT2D eigenvalue weighted by Crippen LogP contribution is -2.30. The van der Waals surface area contributed by atoms with Crippen LogP contribution in [0, 0.1) is 11.8 Å². The molecule has 1 aromatic carbocycles. The molecule has 1 aromatic rings. The van der Waals surface area contributed by atoms with Gasteiger partial charge in [0.05, 0.1) is 0 Å². The quantitative estimate of drug-likeness (QED) is 0.709. The van der Waals surface area contributed by atoms with E-state index in [-0.39, 0.29) is 6.04 Å². The lowest BCUT2D eigenvalue weighted by Gasteiger charge is -2.20. The summed E-state index contributed by atoms with van der Waals surface area (Å²) in [7, 11) is 0. The van der Waals surface area contributed by atoms with Crippen LogP contribution in [0.5, 0.6) is 0 Å². The minimum absolute atomic E-state index is 0.143. The summed E-state index contributed by atoms with van der Waals surface area (Å²) < 4.78 is 0. The summed E-state index contributed by atoms with van der Waals surface area (Å²) in [6.07, 6.45) is 4.23. The molecular weight excluding hydrogens is 208 g/mol. The molecule has 2 unspecified atom stereocenters. The summed E-state index contributed by atoms with van der Waals surface area (Å²) in [5.41, 5.74) is 7.49. The maximum atomic E-state index is 6.25. The van der Waals surface area contributed by atoms with Crippen LogP contribution in [0.1, 0.15) is 37.8 Å². The molecule has 0 radical (unpaired) electrons. The molecule has 1 saturated carbocycles. The van der Waals surface area contributed by atoms with E-state index in [1.807, 2.05) is 6.07 Å². The van der Waals surface area contributed by atoms with Gasteiger partial charge in [-0.3, -0.25) is 0 Å². The first kappa shape index (κ1) is 12.6. The molecule has 0 spiro atoms. The van der Waals surface area contributed by atoms with E-state index in [4.69, 9.17) is 5.73 Å². The second kappa shape index (κ2) is 6.18. The van der Waals surface area contributed by atoms with Crippen LogP contribution in [-0.4, -0.2) is 13.1 Å². The normalized spacial score (nSPS) is 18.9. The van der Waals surface area contributed by atoms with E-state index in [1.54, 1.807) is 0 Å². The molecule has 17 heavy (non-hydrogen) atoms. The van der Waals surface area contributed by atoms with Crippen molar-refractivity contribution < 1.29 is 0 Å². The van der Waals surface area contributed by atoms with E-state index >= 15 is 0 Å². The molecular formula is C15H24N2. The van der Waals surface area contributed by atoms with Crippen molar-refractivity contribution in [3.8, 4) is 0 Å². The van der Waals surface area contributed by atoms with Crippen molar-refractivity contribution in [1.29, 1.82) is 0 Å². The molecule has 2 atom stereocenters. The van der Waals surface area contributed by atoms with Crippen molar-refractivity contribution >= 4 is 0 Å². The van der Waals surface area contributed by atoms with Crippen LogP contribution in [0.3, 0.4) is 0 Å². The smallest absolute Gasteiger partial charge is 0.0333 e. The van der Waals surface area contributed by atoms with Crippen LogP contribution < -0.4 is 11.1 Å². The molecule has 1 aliphatic rings. The highest BCUT2D eigenvalue weighted by atomic mass is 14.9. The number of rotatable bonds is 7. The van der Waals surface area contributed by atoms with Gasteiger partial charge in [-0.05, 0) is 36.9 Å². The highest BCUT2D eigenvalue weighted by molar-refractivity contribution is 5.19. The molecule has 94 valence electrons. The second-order valence-corrected chi connectivity index (χ2v) is 5.35. The zero-order valence-electron chi connectivity index (χ0n) is 10.7. The largest absolute Gasteiger partial charge is 0.324 e. The van der Waals surface area contributed by atoms with Gasteiger partial charge in [0.25, 0.3) is 0 Å². The minimum atomic E-state index is 0.143. The van der Waals surface area contributed by atoms with Crippen molar-refractivity contribution in [2.75, 3.05) is 13.1 Å². The Hall–Kier alpha value is -0.860. The van der Waals surface area contributed by atoms with Gasteiger partial charge >= 0.3 is 0 Å². The van der Waals surface area contributed by atoms with Gasteiger partial charge in [-0.2, -0.15) is 0 Å². The van der Waals surface area contributed by atoms with Gasteiger partial charge < -0.3 is 11.1 Å². The molecule has 0 heterocycles. The maximum Gasteiger partial charge on any atom is 0.0333 e. The molecule has 0 saturated heterocycles. The fraction of sp³-hybridized carbons (Fsp3) is 0.600. The third kappa shape index (κ3) is 4.14. The average Bonchev–Trinajstić information content (AvgIpc) is 3.18. The predicted octanol–water partition coefficient (Wildman–Crippen LogP) is 2.71. The Morgan fingerprint density at radius 3 is 2.65 bits per heavy atom. The predicted molar refractivity (Wildman–Crippen MR) is 72.7 cm³/mol. The van der Waals surface area contributed by atoms with E-state index in [9.17, 15) is 0 Å². The van der Waals surface area contributed by atoms with Crippen LogP contribution in [0.15, 0.2) is 30.3 Å². The third-order valence-electron chi connectivity index (χ3n) is 3.69. The molecule has 0 amide bonds. The van der Waals surface area contributed by atoms with E-state index in [0.717, 1.165) is 19.0 Å². The van der Waals surface area contributed by atoms with Crippen molar-refractivity contribution in [2.24, 2.45) is 17.6 Å². The number of nitrogens with two attached hydrogens (primary N) is 1. The Morgan fingerprint density at radius 2 is 2.00 bits per heavy atom. The van der Waals surface area contributed by atoms with Crippen LogP contribution in [-0.2, 0) is 0 Å².